The van der Waals surface area contributed by atoms with Crippen LogP contribution in [-0.4, -0.2) is 8.42 Å². The van der Waals surface area contributed by atoms with Crippen molar-refractivity contribution in [1.82, 2.24) is 4.72 Å². The van der Waals surface area contributed by atoms with E-state index in [4.69, 9.17) is 5.26 Å². The first-order valence-electron chi connectivity index (χ1n) is 6.17. The summed E-state index contributed by atoms with van der Waals surface area (Å²) in [4.78, 5) is 0.0791. The number of nitrogens with one attached hydrogen (secondary N) is 1. The molecule has 0 fully saturated rings. The second-order valence-electron chi connectivity index (χ2n) is 4.54. The fourth-order valence-corrected chi connectivity index (χ4v) is 2.94. The van der Waals surface area contributed by atoms with Crippen molar-refractivity contribution >= 4 is 10.0 Å². The summed E-state index contributed by atoms with van der Waals surface area (Å²) in [6.07, 6.45) is 0. The Morgan fingerprint density at radius 2 is 2.00 bits per heavy atom. The van der Waals surface area contributed by atoms with Crippen molar-refractivity contribution in [3.63, 3.8) is 0 Å². The number of hydrogen-bond donors (Lipinski definition) is 1. The van der Waals surface area contributed by atoms with Crippen LogP contribution in [0.15, 0.2) is 47.4 Å². The molecule has 0 spiro atoms. The minimum atomic E-state index is -3.70. The van der Waals surface area contributed by atoms with Gasteiger partial charge in [-0.2, -0.15) is 5.26 Å². The van der Waals surface area contributed by atoms with Crippen LogP contribution in [0, 0.1) is 24.1 Å². The SMILES string of the molecule is Cc1cc(S(=O)(=O)NCc2cccc(F)c2)ccc1C#N. The van der Waals surface area contributed by atoms with Crippen LogP contribution in [0.25, 0.3) is 0 Å². The molecule has 0 aliphatic carbocycles. The molecule has 0 atom stereocenters. The monoisotopic (exact) mass is 304 g/mol. The van der Waals surface area contributed by atoms with Crippen LogP contribution >= 0.6 is 0 Å². The second kappa shape index (κ2) is 6.04. The summed E-state index contributed by atoms with van der Waals surface area (Å²) in [5.74, 6) is -0.416. The smallest absolute Gasteiger partial charge is 0.207 e. The zero-order valence-electron chi connectivity index (χ0n) is 11.3. The molecule has 0 unspecified atom stereocenters. The lowest BCUT2D eigenvalue weighted by Gasteiger charge is -2.08. The van der Waals surface area contributed by atoms with E-state index in [1.165, 1.54) is 36.4 Å². The van der Waals surface area contributed by atoms with Crippen molar-refractivity contribution in [3.8, 4) is 6.07 Å². The Labute approximate surface area is 122 Å². The molecular weight excluding hydrogens is 291 g/mol. The van der Waals surface area contributed by atoms with Gasteiger partial charge in [-0.05, 0) is 48.4 Å². The summed E-state index contributed by atoms with van der Waals surface area (Å²) < 4.78 is 39.8. The number of hydrogen-bond acceptors (Lipinski definition) is 3. The summed E-state index contributed by atoms with van der Waals surface area (Å²) >= 11 is 0. The number of rotatable bonds is 4. The van der Waals surface area contributed by atoms with Gasteiger partial charge in [-0.3, -0.25) is 0 Å². The average Bonchev–Trinajstić information content (AvgIpc) is 2.45. The Hall–Kier alpha value is -2.23. The van der Waals surface area contributed by atoms with E-state index < -0.39 is 15.8 Å². The van der Waals surface area contributed by atoms with E-state index in [9.17, 15) is 12.8 Å². The van der Waals surface area contributed by atoms with Crippen molar-refractivity contribution in [2.45, 2.75) is 18.4 Å². The number of halogens is 1. The van der Waals surface area contributed by atoms with Gasteiger partial charge in [0.25, 0.3) is 0 Å². The first-order chi connectivity index (χ1) is 9.92. The number of aryl methyl sites for hydroxylation is 1. The van der Waals surface area contributed by atoms with Gasteiger partial charge in [0, 0.05) is 6.54 Å². The highest BCUT2D eigenvalue weighted by atomic mass is 32.2. The predicted molar refractivity (Wildman–Crippen MR) is 76.3 cm³/mol. The van der Waals surface area contributed by atoms with Gasteiger partial charge in [0.05, 0.1) is 16.5 Å². The lowest BCUT2D eigenvalue weighted by Crippen LogP contribution is -2.23. The minimum absolute atomic E-state index is 0.000851. The molecule has 0 aromatic heterocycles. The van der Waals surface area contributed by atoms with E-state index in [1.807, 2.05) is 6.07 Å². The Bertz CT molecular complexity index is 811. The van der Waals surface area contributed by atoms with Crippen molar-refractivity contribution < 1.29 is 12.8 Å². The van der Waals surface area contributed by atoms with E-state index in [1.54, 1.807) is 13.0 Å². The first kappa shape index (κ1) is 15.2. The van der Waals surface area contributed by atoms with Gasteiger partial charge in [0.2, 0.25) is 10.0 Å². The fraction of sp³-hybridized carbons (Fsp3) is 0.133. The van der Waals surface area contributed by atoms with Gasteiger partial charge in [0.1, 0.15) is 5.82 Å². The largest absolute Gasteiger partial charge is 0.240 e. The molecule has 2 aromatic rings. The molecule has 0 heterocycles. The topological polar surface area (TPSA) is 70.0 Å². The maximum absolute atomic E-state index is 13.0. The zero-order chi connectivity index (χ0) is 15.5. The first-order valence-corrected chi connectivity index (χ1v) is 7.65. The molecular formula is C15H13FN2O2S. The number of benzene rings is 2. The highest BCUT2D eigenvalue weighted by Crippen LogP contribution is 2.15. The van der Waals surface area contributed by atoms with E-state index >= 15 is 0 Å². The maximum Gasteiger partial charge on any atom is 0.240 e. The number of nitriles is 1. The molecule has 6 heteroatoms. The molecule has 0 amide bonds. The summed E-state index contributed by atoms with van der Waals surface area (Å²) in [6.45, 7) is 1.67. The third kappa shape index (κ3) is 3.66. The highest BCUT2D eigenvalue weighted by Gasteiger charge is 2.15. The normalized spacial score (nSPS) is 11.1. The van der Waals surface area contributed by atoms with Gasteiger partial charge < -0.3 is 0 Å². The van der Waals surface area contributed by atoms with E-state index in [0.717, 1.165) is 0 Å². The molecule has 0 saturated carbocycles. The Balaban J connectivity index is 2.19. The number of sulfonamides is 1. The third-order valence-corrected chi connectivity index (χ3v) is 4.38. The molecule has 2 rings (SSSR count). The summed E-state index contributed by atoms with van der Waals surface area (Å²) in [5.41, 5.74) is 1.55. The van der Waals surface area contributed by atoms with Gasteiger partial charge in [-0.15, -0.1) is 0 Å². The number of nitrogens with zero attached hydrogens (tertiary/aromatic N) is 1. The summed E-state index contributed by atoms with van der Waals surface area (Å²) in [6, 6.07) is 12.0. The molecule has 0 aliphatic heterocycles. The molecule has 0 radical (unpaired) electrons. The van der Waals surface area contributed by atoms with Crippen LogP contribution in [0.2, 0.25) is 0 Å². The van der Waals surface area contributed by atoms with Crippen molar-refractivity contribution in [3.05, 3.63) is 65.0 Å². The molecule has 108 valence electrons. The van der Waals surface area contributed by atoms with Crippen molar-refractivity contribution in [2.24, 2.45) is 0 Å². The van der Waals surface area contributed by atoms with E-state index in [0.29, 0.717) is 16.7 Å². The van der Waals surface area contributed by atoms with Crippen molar-refractivity contribution in [2.75, 3.05) is 0 Å². The molecule has 2 aromatic carbocycles. The molecule has 0 aliphatic rings. The summed E-state index contributed by atoms with van der Waals surface area (Å²) in [7, 11) is -3.70. The van der Waals surface area contributed by atoms with Gasteiger partial charge >= 0.3 is 0 Å². The van der Waals surface area contributed by atoms with Crippen LogP contribution in [-0.2, 0) is 16.6 Å². The van der Waals surface area contributed by atoms with Gasteiger partial charge in [-0.1, -0.05) is 12.1 Å². The molecule has 0 bridgehead atoms. The van der Waals surface area contributed by atoms with E-state index in [-0.39, 0.29) is 11.4 Å². The van der Waals surface area contributed by atoms with Crippen LogP contribution in [0.4, 0.5) is 4.39 Å². The van der Waals surface area contributed by atoms with Gasteiger partial charge in [0.15, 0.2) is 0 Å². The molecule has 1 N–H and O–H groups in total. The lowest BCUT2D eigenvalue weighted by atomic mass is 10.1. The van der Waals surface area contributed by atoms with Crippen LogP contribution in [0.3, 0.4) is 0 Å². The maximum atomic E-state index is 13.0. The molecule has 0 saturated heterocycles. The standard InChI is InChI=1S/C15H13FN2O2S/c1-11-7-15(6-5-13(11)9-17)21(19,20)18-10-12-3-2-4-14(16)8-12/h2-8,18H,10H2,1H3. The predicted octanol–water partition coefficient (Wildman–Crippen LogP) is 2.48. The van der Waals surface area contributed by atoms with E-state index in [2.05, 4.69) is 4.72 Å². The Morgan fingerprint density at radius 1 is 1.24 bits per heavy atom. The van der Waals surface area contributed by atoms with Crippen LogP contribution in [0.1, 0.15) is 16.7 Å². The summed E-state index contributed by atoms with van der Waals surface area (Å²) in [5, 5.41) is 8.84. The minimum Gasteiger partial charge on any atom is -0.207 e. The lowest BCUT2D eigenvalue weighted by molar-refractivity contribution is 0.580. The second-order valence-corrected chi connectivity index (χ2v) is 6.31. The van der Waals surface area contributed by atoms with Crippen LogP contribution in [0.5, 0.6) is 0 Å². The Morgan fingerprint density at radius 3 is 2.62 bits per heavy atom. The molecule has 4 nitrogen and oxygen atoms in total. The molecule has 21 heavy (non-hydrogen) atoms. The average molecular weight is 304 g/mol. The Kier molecular flexibility index (Phi) is 4.36. The van der Waals surface area contributed by atoms with Crippen LogP contribution < -0.4 is 4.72 Å². The zero-order valence-corrected chi connectivity index (χ0v) is 12.1. The quantitative estimate of drug-likeness (QED) is 0.943. The third-order valence-electron chi connectivity index (χ3n) is 2.98. The van der Waals surface area contributed by atoms with Gasteiger partial charge in [-0.25, -0.2) is 17.5 Å². The van der Waals surface area contributed by atoms with Crippen molar-refractivity contribution in [1.29, 1.82) is 5.26 Å². The highest BCUT2D eigenvalue weighted by molar-refractivity contribution is 7.89. The fourth-order valence-electron chi connectivity index (χ4n) is 1.84.